The summed E-state index contributed by atoms with van der Waals surface area (Å²) >= 11 is 0. The monoisotopic (exact) mass is 508 g/mol. The van der Waals surface area contributed by atoms with Crippen molar-refractivity contribution in [2.24, 2.45) is 0 Å². The minimum atomic E-state index is -2.53. The van der Waals surface area contributed by atoms with Crippen molar-refractivity contribution in [2.75, 3.05) is 26.4 Å². The zero-order valence-corrected chi connectivity index (χ0v) is 23.5. The molecule has 0 saturated carbocycles. The fourth-order valence-electron chi connectivity index (χ4n) is 4.01. The summed E-state index contributed by atoms with van der Waals surface area (Å²) in [5.41, 5.74) is 1.36. The lowest BCUT2D eigenvalue weighted by atomic mass is 10.0. The summed E-state index contributed by atoms with van der Waals surface area (Å²) in [5.74, 6) is -0.00670. The fraction of sp³-hybridized carbons (Fsp3) is 0.679. The molecule has 1 rings (SSSR count). The van der Waals surface area contributed by atoms with Crippen LogP contribution in [0.1, 0.15) is 97.5 Å². The molecule has 0 radical (unpaired) electrons. The molecule has 1 aromatic carbocycles. The molecule has 0 atom stereocenters. The predicted octanol–water partition coefficient (Wildman–Crippen LogP) is 7.50. The van der Waals surface area contributed by atoms with Gasteiger partial charge in [-0.2, -0.15) is 0 Å². The smallest absolute Gasteiger partial charge is 0.494 e. The minimum Gasteiger partial charge on any atom is -0.494 e. The Morgan fingerprint density at radius 3 is 1.91 bits per heavy atom. The zero-order valence-electron chi connectivity index (χ0n) is 22.5. The van der Waals surface area contributed by atoms with Gasteiger partial charge in [-0.05, 0) is 70.2 Å². The van der Waals surface area contributed by atoms with E-state index in [1.807, 2.05) is 45.0 Å². The Balaban J connectivity index is 2.36. The maximum Gasteiger partial charge on any atom is 0.500 e. The van der Waals surface area contributed by atoms with Crippen molar-refractivity contribution in [2.45, 2.75) is 97.9 Å². The molecular formula is C28H48O6Si. The number of unbranched alkanes of at least 4 members (excludes halogenated alkanes) is 7. The number of carboxylic acid groups (broad SMARTS) is 1. The summed E-state index contributed by atoms with van der Waals surface area (Å²) in [4.78, 5) is 11.7. The van der Waals surface area contributed by atoms with Gasteiger partial charge in [-0.3, -0.25) is 0 Å². The van der Waals surface area contributed by atoms with Crippen molar-refractivity contribution in [3.8, 4) is 5.75 Å². The maximum atomic E-state index is 11.7. The second-order valence-corrected chi connectivity index (χ2v) is 11.4. The predicted molar refractivity (Wildman–Crippen MR) is 145 cm³/mol. The highest BCUT2D eigenvalue weighted by atomic mass is 28.4. The van der Waals surface area contributed by atoms with E-state index in [1.54, 1.807) is 6.08 Å². The van der Waals surface area contributed by atoms with Crippen LogP contribution >= 0.6 is 0 Å². The Morgan fingerprint density at radius 2 is 1.37 bits per heavy atom. The van der Waals surface area contributed by atoms with Crippen molar-refractivity contribution in [3.63, 3.8) is 0 Å². The third-order valence-electron chi connectivity index (χ3n) is 5.78. The summed E-state index contributed by atoms with van der Waals surface area (Å²) in [6, 6.07) is 8.54. The average molecular weight is 509 g/mol. The van der Waals surface area contributed by atoms with Gasteiger partial charge in [0.05, 0.1) is 6.61 Å². The number of hydrogen-bond donors (Lipinski definition) is 1. The fourth-order valence-corrected chi connectivity index (χ4v) is 6.70. The molecule has 0 spiro atoms. The van der Waals surface area contributed by atoms with Crippen molar-refractivity contribution in [1.82, 2.24) is 0 Å². The SMILES string of the molecule is CCCCCOc1ccc(/C=C(\CCCCCCCC[Si](OCC)(OCC)OCC)C(=O)O)cc1. The first kappa shape index (κ1) is 31.4. The Morgan fingerprint density at radius 1 is 0.800 bits per heavy atom. The van der Waals surface area contributed by atoms with E-state index in [0.717, 1.165) is 68.9 Å². The second kappa shape index (κ2) is 19.5. The largest absolute Gasteiger partial charge is 0.500 e. The summed E-state index contributed by atoms with van der Waals surface area (Å²) in [5, 5.41) is 9.61. The summed E-state index contributed by atoms with van der Waals surface area (Å²) in [7, 11) is -2.53. The van der Waals surface area contributed by atoms with Crippen LogP contribution < -0.4 is 4.74 Å². The van der Waals surface area contributed by atoms with E-state index in [-0.39, 0.29) is 0 Å². The van der Waals surface area contributed by atoms with Gasteiger partial charge >= 0.3 is 14.8 Å². The third-order valence-corrected chi connectivity index (χ3v) is 8.94. The van der Waals surface area contributed by atoms with Crippen molar-refractivity contribution in [1.29, 1.82) is 0 Å². The topological polar surface area (TPSA) is 74.2 Å². The highest BCUT2D eigenvalue weighted by molar-refractivity contribution is 6.60. The lowest BCUT2D eigenvalue weighted by Crippen LogP contribution is -2.45. The number of rotatable bonds is 22. The van der Waals surface area contributed by atoms with Crippen LogP contribution in [0.2, 0.25) is 6.04 Å². The van der Waals surface area contributed by atoms with E-state index in [2.05, 4.69) is 6.92 Å². The molecule has 0 fully saturated rings. The normalized spacial score (nSPS) is 12.2. The van der Waals surface area contributed by atoms with E-state index in [4.69, 9.17) is 18.0 Å². The maximum absolute atomic E-state index is 11.7. The molecule has 1 N–H and O–H groups in total. The number of carbonyl (C=O) groups is 1. The van der Waals surface area contributed by atoms with Gasteiger partial charge in [-0.1, -0.05) is 57.6 Å². The number of benzene rings is 1. The minimum absolute atomic E-state index is 0.461. The molecule has 0 aliphatic heterocycles. The highest BCUT2D eigenvalue weighted by Gasteiger charge is 2.39. The van der Waals surface area contributed by atoms with Gasteiger partial charge in [-0.15, -0.1) is 0 Å². The lowest BCUT2D eigenvalue weighted by molar-refractivity contribution is -0.132. The number of ether oxygens (including phenoxy) is 1. The molecule has 0 saturated heterocycles. The summed E-state index contributed by atoms with van der Waals surface area (Å²) in [6.07, 6.45) is 12.0. The van der Waals surface area contributed by atoms with Crippen molar-refractivity contribution in [3.05, 3.63) is 35.4 Å². The van der Waals surface area contributed by atoms with Crippen LogP contribution in [0.4, 0.5) is 0 Å². The molecule has 0 heterocycles. The molecule has 6 nitrogen and oxygen atoms in total. The van der Waals surface area contributed by atoms with Crippen molar-refractivity contribution >= 4 is 20.8 Å². The van der Waals surface area contributed by atoms with Crippen LogP contribution in [-0.4, -0.2) is 46.3 Å². The quantitative estimate of drug-likeness (QED) is 0.0992. The lowest BCUT2D eigenvalue weighted by Gasteiger charge is -2.28. The molecule has 1 aromatic rings. The first-order valence-corrected chi connectivity index (χ1v) is 15.5. The molecule has 0 aromatic heterocycles. The van der Waals surface area contributed by atoms with Crippen LogP contribution in [0, 0.1) is 0 Å². The highest BCUT2D eigenvalue weighted by Crippen LogP contribution is 2.22. The Hall–Kier alpha value is -1.67. The van der Waals surface area contributed by atoms with Crippen LogP contribution in [0.5, 0.6) is 5.75 Å². The van der Waals surface area contributed by atoms with E-state index in [1.165, 1.54) is 12.8 Å². The Labute approximate surface area is 214 Å². The molecule has 0 aliphatic rings. The van der Waals surface area contributed by atoms with Gasteiger partial charge in [0.2, 0.25) is 0 Å². The van der Waals surface area contributed by atoms with E-state index < -0.39 is 14.8 Å². The molecule has 35 heavy (non-hydrogen) atoms. The van der Waals surface area contributed by atoms with Crippen LogP contribution in [-0.2, 0) is 18.1 Å². The number of aliphatic carboxylic acids is 1. The van der Waals surface area contributed by atoms with Crippen LogP contribution in [0.25, 0.3) is 6.08 Å². The standard InChI is InChI=1S/C28H48O6Si/c1-5-9-15-22-31-27-20-18-25(19-21-27)24-26(28(29)30)17-14-12-10-11-13-16-23-35(32-6-2,33-7-3)34-8-4/h18-21,24H,5-17,22-23H2,1-4H3,(H,29,30)/b26-24+. The van der Waals surface area contributed by atoms with Gasteiger partial charge in [0.1, 0.15) is 5.75 Å². The average Bonchev–Trinajstić information content (AvgIpc) is 2.84. The van der Waals surface area contributed by atoms with Crippen LogP contribution in [0.15, 0.2) is 29.8 Å². The van der Waals surface area contributed by atoms with Gasteiger partial charge < -0.3 is 23.1 Å². The van der Waals surface area contributed by atoms with E-state index in [0.29, 0.717) is 31.8 Å². The van der Waals surface area contributed by atoms with Gasteiger partial charge in [0, 0.05) is 31.4 Å². The summed E-state index contributed by atoms with van der Waals surface area (Å²) in [6.45, 7) is 10.7. The van der Waals surface area contributed by atoms with E-state index in [9.17, 15) is 9.90 Å². The molecule has 7 heteroatoms. The first-order valence-electron chi connectivity index (χ1n) is 13.6. The van der Waals surface area contributed by atoms with Crippen LogP contribution in [0.3, 0.4) is 0 Å². The van der Waals surface area contributed by atoms with Gasteiger partial charge in [0.25, 0.3) is 0 Å². The summed E-state index contributed by atoms with van der Waals surface area (Å²) < 4.78 is 23.5. The van der Waals surface area contributed by atoms with E-state index >= 15 is 0 Å². The Kier molecular flexibility index (Phi) is 17.5. The zero-order chi connectivity index (χ0) is 25.8. The first-order chi connectivity index (χ1) is 17.0. The molecule has 200 valence electrons. The Bertz CT molecular complexity index is 687. The molecular weight excluding hydrogens is 460 g/mol. The molecule has 0 bridgehead atoms. The van der Waals surface area contributed by atoms with Gasteiger partial charge in [0.15, 0.2) is 0 Å². The number of hydrogen-bond acceptors (Lipinski definition) is 5. The number of carboxylic acids is 1. The molecule has 0 amide bonds. The third kappa shape index (κ3) is 13.9. The molecule has 0 unspecified atom stereocenters. The molecule has 0 aliphatic carbocycles. The van der Waals surface area contributed by atoms with Gasteiger partial charge in [-0.25, -0.2) is 4.79 Å². The van der Waals surface area contributed by atoms with Crippen molar-refractivity contribution < 1.29 is 27.9 Å². The second-order valence-electron chi connectivity index (χ2n) is 8.70.